The molecule has 0 aromatic carbocycles. The Balaban J connectivity index is 3.92. The lowest BCUT2D eigenvalue weighted by Crippen LogP contribution is -2.34. The van der Waals surface area contributed by atoms with Gasteiger partial charge in [-0.25, -0.2) is 0 Å². The summed E-state index contributed by atoms with van der Waals surface area (Å²) in [6, 6.07) is 0.211. The Morgan fingerprint density at radius 1 is 0.938 bits per heavy atom. The molecule has 0 saturated carbocycles. The first-order chi connectivity index (χ1) is 7.20. The van der Waals surface area contributed by atoms with Gasteiger partial charge in [0.2, 0.25) is 0 Å². The van der Waals surface area contributed by atoms with Crippen LogP contribution in [0.5, 0.6) is 0 Å². The predicted molar refractivity (Wildman–Crippen MR) is 61.4 cm³/mol. The maximum absolute atomic E-state index is 12.0. The molecule has 0 aliphatic carbocycles. The van der Waals surface area contributed by atoms with Crippen LogP contribution < -0.4 is 5.32 Å². The molecule has 0 aliphatic rings. The fourth-order valence-electron chi connectivity index (χ4n) is 1.82. The Labute approximate surface area is 96.8 Å². The maximum atomic E-state index is 12.0. The molecule has 98 valence electrons. The van der Waals surface area contributed by atoms with Gasteiger partial charge in [0.15, 0.2) is 0 Å². The lowest BCUT2D eigenvalue weighted by atomic mass is 9.95. The normalized spacial score (nSPS) is 13.1. The quantitative estimate of drug-likeness (QED) is 0.708. The zero-order valence-corrected chi connectivity index (χ0v) is 10.7. The Hall–Kier alpha value is -0.250. The second-order valence-electron chi connectivity index (χ2n) is 5.28. The second-order valence-corrected chi connectivity index (χ2v) is 5.28. The molecule has 0 unspecified atom stereocenters. The summed E-state index contributed by atoms with van der Waals surface area (Å²) >= 11 is 0. The molecule has 0 radical (unpaired) electrons. The van der Waals surface area contributed by atoms with Crippen molar-refractivity contribution in [3.8, 4) is 0 Å². The summed E-state index contributed by atoms with van der Waals surface area (Å²) in [4.78, 5) is 0. The van der Waals surface area contributed by atoms with Crippen LogP contribution in [-0.2, 0) is 0 Å². The van der Waals surface area contributed by atoms with Crippen molar-refractivity contribution in [3.63, 3.8) is 0 Å². The van der Waals surface area contributed by atoms with E-state index in [1.54, 1.807) is 0 Å². The molecule has 0 bridgehead atoms. The van der Waals surface area contributed by atoms with Gasteiger partial charge in [0.05, 0.1) is 6.42 Å². The first-order valence-electron chi connectivity index (χ1n) is 6.01. The van der Waals surface area contributed by atoms with Gasteiger partial charge in [-0.2, -0.15) is 13.2 Å². The summed E-state index contributed by atoms with van der Waals surface area (Å²) in [5.41, 5.74) is 0. The van der Waals surface area contributed by atoms with Crippen LogP contribution in [0.4, 0.5) is 13.2 Å². The molecule has 0 heterocycles. The van der Waals surface area contributed by atoms with Gasteiger partial charge in [-0.15, -0.1) is 0 Å². The van der Waals surface area contributed by atoms with Crippen LogP contribution in [0.1, 0.15) is 47.0 Å². The van der Waals surface area contributed by atoms with Crippen LogP contribution in [0.15, 0.2) is 0 Å². The lowest BCUT2D eigenvalue weighted by Gasteiger charge is -2.22. The van der Waals surface area contributed by atoms with E-state index in [1.807, 2.05) is 0 Å². The number of nitrogens with one attached hydrogen (secondary N) is 1. The number of rotatable bonds is 7. The number of halogens is 3. The van der Waals surface area contributed by atoms with Crippen molar-refractivity contribution in [2.75, 3.05) is 6.54 Å². The van der Waals surface area contributed by atoms with Crippen LogP contribution in [-0.4, -0.2) is 18.8 Å². The first kappa shape index (κ1) is 15.8. The Morgan fingerprint density at radius 2 is 1.38 bits per heavy atom. The lowest BCUT2D eigenvalue weighted by molar-refractivity contribution is -0.133. The third-order valence-corrected chi connectivity index (χ3v) is 2.35. The summed E-state index contributed by atoms with van der Waals surface area (Å²) < 4.78 is 36.0. The van der Waals surface area contributed by atoms with Crippen molar-refractivity contribution in [1.29, 1.82) is 0 Å². The van der Waals surface area contributed by atoms with E-state index in [1.165, 1.54) is 0 Å². The van der Waals surface area contributed by atoms with Crippen LogP contribution >= 0.6 is 0 Å². The minimum absolute atomic E-state index is 0.0353. The summed E-state index contributed by atoms with van der Waals surface area (Å²) in [6.45, 7) is 8.42. The molecule has 16 heavy (non-hydrogen) atoms. The van der Waals surface area contributed by atoms with E-state index in [-0.39, 0.29) is 12.6 Å². The van der Waals surface area contributed by atoms with Gasteiger partial charge >= 0.3 is 6.18 Å². The van der Waals surface area contributed by atoms with Crippen LogP contribution in [0.2, 0.25) is 0 Å². The fourth-order valence-corrected chi connectivity index (χ4v) is 1.82. The fraction of sp³-hybridized carbons (Fsp3) is 1.00. The summed E-state index contributed by atoms with van der Waals surface area (Å²) in [6.07, 6.45) is -2.90. The average Bonchev–Trinajstić information content (AvgIpc) is 1.98. The van der Waals surface area contributed by atoms with E-state index in [0.717, 1.165) is 12.8 Å². The van der Waals surface area contributed by atoms with Crippen LogP contribution in [0, 0.1) is 11.8 Å². The van der Waals surface area contributed by atoms with Gasteiger partial charge < -0.3 is 5.32 Å². The van der Waals surface area contributed by atoms with Crippen molar-refractivity contribution >= 4 is 0 Å². The molecule has 1 nitrogen and oxygen atoms in total. The topological polar surface area (TPSA) is 12.0 Å². The SMILES string of the molecule is CC(C)CC(CC(C)C)NCCC(F)(F)F. The molecule has 0 aromatic heterocycles. The molecular weight excluding hydrogens is 215 g/mol. The van der Waals surface area contributed by atoms with Crippen molar-refractivity contribution in [2.45, 2.75) is 59.2 Å². The van der Waals surface area contributed by atoms with E-state index < -0.39 is 12.6 Å². The molecule has 0 spiro atoms. The number of hydrogen-bond donors (Lipinski definition) is 1. The highest BCUT2D eigenvalue weighted by Crippen LogP contribution is 2.19. The third kappa shape index (κ3) is 10.3. The van der Waals surface area contributed by atoms with E-state index in [9.17, 15) is 13.2 Å². The molecular formula is C12H24F3N. The Morgan fingerprint density at radius 3 is 1.69 bits per heavy atom. The summed E-state index contributed by atoms with van der Waals surface area (Å²) in [5.74, 6) is 1.03. The second kappa shape index (κ2) is 7.15. The van der Waals surface area contributed by atoms with Gasteiger partial charge in [-0.1, -0.05) is 27.7 Å². The Bertz CT molecular complexity index is 166. The smallest absolute Gasteiger partial charge is 0.314 e. The molecule has 1 N–H and O–H groups in total. The molecule has 0 saturated heterocycles. The van der Waals surface area contributed by atoms with E-state index in [4.69, 9.17) is 0 Å². The molecule has 0 rings (SSSR count). The van der Waals surface area contributed by atoms with Gasteiger partial charge in [0.25, 0.3) is 0 Å². The van der Waals surface area contributed by atoms with Gasteiger partial charge in [0, 0.05) is 12.6 Å². The van der Waals surface area contributed by atoms with Crippen molar-refractivity contribution in [2.24, 2.45) is 11.8 Å². The van der Waals surface area contributed by atoms with Crippen LogP contribution in [0.3, 0.4) is 0 Å². The molecule has 4 heteroatoms. The molecule has 0 aromatic rings. The van der Waals surface area contributed by atoms with Gasteiger partial charge in [-0.05, 0) is 24.7 Å². The highest BCUT2D eigenvalue weighted by Gasteiger charge is 2.26. The molecule has 0 amide bonds. The average molecular weight is 239 g/mol. The van der Waals surface area contributed by atoms with E-state index in [0.29, 0.717) is 11.8 Å². The minimum atomic E-state index is -4.05. The summed E-state index contributed by atoms with van der Waals surface area (Å²) in [5, 5.41) is 3.02. The number of alkyl halides is 3. The predicted octanol–water partition coefficient (Wildman–Crippen LogP) is 3.99. The summed E-state index contributed by atoms with van der Waals surface area (Å²) in [7, 11) is 0. The Kier molecular flexibility index (Phi) is 7.04. The first-order valence-corrected chi connectivity index (χ1v) is 6.01. The minimum Gasteiger partial charge on any atom is -0.314 e. The van der Waals surface area contributed by atoms with Crippen molar-refractivity contribution < 1.29 is 13.2 Å². The zero-order chi connectivity index (χ0) is 12.8. The zero-order valence-electron chi connectivity index (χ0n) is 10.7. The monoisotopic (exact) mass is 239 g/mol. The molecule has 0 aliphatic heterocycles. The van der Waals surface area contributed by atoms with Crippen molar-refractivity contribution in [3.05, 3.63) is 0 Å². The van der Waals surface area contributed by atoms with Crippen molar-refractivity contribution in [1.82, 2.24) is 5.32 Å². The van der Waals surface area contributed by atoms with E-state index >= 15 is 0 Å². The highest BCUT2D eigenvalue weighted by molar-refractivity contribution is 4.71. The molecule has 0 fully saturated rings. The van der Waals surface area contributed by atoms with Gasteiger partial charge in [0.1, 0.15) is 0 Å². The number of hydrogen-bond acceptors (Lipinski definition) is 1. The van der Waals surface area contributed by atoms with Gasteiger partial charge in [-0.3, -0.25) is 0 Å². The highest BCUT2D eigenvalue weighted by atomic mass is 19.4. The largest absolute Gasteiger partial charge is 0.390 e. The third-order valence-electron chi connectivity index (χ3n) is 2.35. The van der Waals surface area contributed by atoms with E-state index in [2.05, 4.69) is 33.0 Å². The molecule has 0 atom stereocenters. The standard InChI is InChI=1S/C12H24F3N/c1-9(2)7-11(8-10(3)4)16-6-5-12(13,14)15/h9-11,16H,5-8H2,1-4H3. The van der Waals surface area contributed by atoms with Crippen LogP contribution in [0.25, 0.3) is 0 Å². The maximum Gasteiger partial charge on any atom is 0.390 e.